The van der Waals surface area contributed by atoms with Gasteiger partial charge in [-0.15, -0.1) is 21.5 Å². The molecule has 0 aliphatic carbocycles. The van der Waals surface area contributed by atoms with E-state index in [1.165, 1.54) is 23.1 Å². The van der Waals surface area contributed by atoms with Gasteiger partial charge in [0.1, 0.15) is 5.75 Å². The molecule has 26 heavy (non-hydrogen) atoms. The highest BCUT2D eigenvalue weighted by molar-refractivity contribution is 8.02. The Labute approximate surface area is 164 Å². The number of nitrogens with zero attached hydrogens (tertiary/aromatic N) is 2. The predicted octanol–water partition coefficient (Wildman–Crippen LogP) is 4.15. The molecule has 6 nitrogen and oxygen atoms in total. The first-order chi connectivity index (χ1) is 12.6. The fourth-order valence-corrected chi connectivity index (χ4v) is 4.63. The molecular weight excluding hydrogens is 388 g/mol. The number of methoxy groups -OCH3 is 1. The van der Waals surface area contributed by atoms with Gasteiger partial charge in [-0.3, -0.25) is 4.79 Å². The second kappa shape index (κ2) is 9.02. The van der Waals surface area contributed by atoms with Crippen LogP contribution in [0.2, 0.25) is 0 Å². The minimum absolute atomic E-state index is 0.0109. The molecule has 2 aromatic heterocycles. The minimum Gasteiger partial charge on any atom is -0.497 e. The average molecular weight is 407 g/mol. The van der Waals surface area contributed by atoms with Gasteiger partial charge in [0.2, 0.25) is 11.0 Å². The number of carbonyl (C=O) groups is 1. The van der Waals surface area contributed by atoms with Crippen LogP contribution in [0, 0.1) is 0 Å². The van der Waals surface area contributed by atoms with Crippen molar-refractivity contribution in [3.05, 3.63) is 46.7 Å². The van der Waals surface area contributed by atoms with Crippen LogP contribution in [0.3, 0.4) is 0 Å². The summed E-state index contributed by atoms with van der Waals surface area (Å²) in [5.41, 5.74) is 0.903. The third kappa shape index (κ3) is 5.20. The first kappa shape index (κ1) is 18.7. The molecule has 9 heteroatoms. The van der Waals surface area contributed by atoms with Crippen LogP contribution < -0.4 is 15.4 Å². The van der Waals surface area contributed by atoms with Crippen LogP contribution in [-0.4, -0.2) is 28.5 Å². The molecule has 1 aromatic carbocycles. The SMILES string of the molecule is COc1ccc(Nc2nnc(SC(C)C(=O)NCc3cccs3)s2)cc1. The lowest BCUT2D eigenvalue weighted by molar-refractivity contribution is -0.120. The summed E-state index contributed by atoms with van der Waals surface area (Å²) in [7, 11) is 1.63. The second-order valence-electron chi connectivity index (χ2n) is 5.28. The summed E-state index contributed by atoms with van der Waals surface area (Å²) in [4.78, 5) is 13.3. The van der Waals surface area contributed by atoms with E-state index < -0.39 is 0 Å². The van der Waals surface area contributed by atoms with Crippen molar-refractivity contribution in [3.8, 4) is 5.75 Å². The van der Waals surface area contributed by atoms with Gasteiger partial charge in [0.05, 0.1) is 18.9 Å². The van der Waals surface area contributed by atoms with E-state index in [0.717, 1.165) is 20.7 Å². The number of nitrogens with one attached hydrogen (secondary N) is 2. The molecule has 2 heterocycles. The smallest absolute Gasteiger partial charge is 0.233 e. The highest BCUT2D eigenvalue weighted by Gasteiger charge is 2.17. The normalized spacial score (nSPS) is 11.8. The number of thioether (sulfide) groups is 1. The highest BCUT2D eigenvalue weighted by Crippen LogP contribution is 2.30. The molecule has 0 radical (unpaired) electrons. The van der Waals surface area contributed by atoms with E-state index in [1.807, 2.05) is 48.7 Å². The van der Waals surface area contributed by atoms with E-state index in [9.17, 15) is 4.79 Å². The van der Waals surface area contributed by atoms with E-state index in [0.29, 0.717) is 11.7 Å². The van der Waals surface area contributed by atoms with Crippen molar-refractivity contribution in [2.75, 3.05) is 12.4 Å². The number of hydrogen-bond donors (Lipinski definition) is 2. The number of rotatable bonds is 8. The zero-order chi connectivity index (χ0) is 18.4. The number of ether oxygens (including phenoxy) is 1. The van der Waals surface area contributed by atoms with Gasteiger partial charge in [-0.25, -0.2) is 0 Å². The van der Waals surface area contributed by atoms with Crippen LogP contribution in [0.5, 0.6) is 5.75 Å². The molecule has 2 N–H and O–H groups in total. The van der Waals surface area contributed by atoms with Crippen molar-refractivity contribution in [1.29, 1.82) is 0 Å². The monoisotopic (exact) mass is 406 g/mol. The van der Waals surface area contributed by atoms with E-state index in [4.69, 9.17) is 4.74 Å². The molecule has 0 fully saturated rings. The molecule has 3 rings (SSSR count). The van der Waals surface area contributed by atoms with Gasteiger partial charge >= 0.3 is 0 Å². The second-order valence-corrected chi connectivity index (χ2v) is 8.88. The predicted molar refractivity (Wildman–Crippen MR) is 108 cm³/mol. The van der Waals surface area contributed by atoms with Crippen molar-refractivity contribution in [1.82, 2.24) is 15.5 Å². The molecule has 0 bridgehead atoms. The van der Waals surface area contributed by atoms with Crippen LogP contribution in [0.4, 0.5) is 10.8 Å². The maximum atomic E-state index is 12.2. The topological polar surface area (TPSA) is 76.1 Å². The van der Waals surface area contributed by atoms with Gasteiger partial charge in [-0.2, -0.15) is 0 Å². The van der Waals surface area contributed by atoms with Gasteiger partial charge in [-0.05, 0) is 42.6 Å². The Bertz CT molecular complexity index is 834. The lowest BCUT2D eigenvalue weighted by atomic mass is 10.3. The maximum Gasteiger partial charge on any atom is 0.233 e. The molecule has 0 saturated heterocycles. The number of benzene rings is 1. The van der Waals surface area contributed by atoms with Crippen molar-refractivity contribution in [2.45, 2.75) is 23.1 Å². The molecule has 0 aliphatic heterocycles. The molecule has 0 saturated carbocycles. The molecule has 0 spiro atoms. The average Bonchev–Trinajstić information content (AvgIpc) is 3.32. The Morgan fingerprint density at radius 3 is 2.77 bits per heavy atom. The van der Waals surface area contributed by atoms with Crippen LogP contribution >= 0.6 is 34.4 Å². The van der Waals surface area contributed by atoms with Crippen molar-refractivity contribution >= 4 is 51.2 Å². The maximum absolute atomic E-state index is 12.2. The molecule has 1 atom stereocenters. The summed E-state index contributed by atoms with van der Waals surface area (Å²) in [5.74, 6) is 0.787. The third-order valence-corrected chi connectivity index (χ3v) is 6.31. The largest absolute Gasteiger partial charge is 0.497 e. The van der Waals surface area contributed by atoms with Gasteiger partial charge in [-0.1, -0.05) is 29.2 Å². The number of hydrogen-bond acceptors (Lipinski definition) is 8. The summed E-state index contributed by atoms with van der Waals surface area (Å²) in [6.07, 6.45) is 0. The minimum atomic E-state index is -0.239. The lowest BCUT2D eigenvalue weighted by Crippen LogP contribution is -2.30. The molecular formula is C17H18N4O2S3. The van der Waals surface area contributed by atoms with E-state index >= 15 is 0 Å². The number of amides is 1. The van der Waals surface area contributed by atoms with E-state index in [1.54, 1.807) is 18.4 Å². The van der Waals surface area contributed by atoms with Crippen LogP contribution in [0.25, 0.3) is 0 Å². The third-order valence-electron chi connectivity index (χ3n) is 3.41. The summed E-state index contributed by atoms with van der Waals surface area (Å²) in [5, 5.41) is 16.9. The zero-order valence-electron chi connectivity index (χ0n) is 14.3. The van der Waals surface area contributed by atoms with Crippen LogP contribution in [0.1, 0.15) is 11.8 Å². The number of anilines is 2. The summed E-state index contributed by atoms with van der Waals surface area (Å²) < 4.78 is 5.89. The van der Waals surface area contributed by atoms with E-state index in [-0.39, 0.29) is 11.2 Å². The fraction of sp³-hybridized carbons (Fsp3) is 0.235. The molecule has 1 unspecified atom stereocenters. The molecule has 0 aliphatic rings. The van der Waals surface area contributed by atoms with Gasteiger partial charge in [0.15, 0.2) is 4.34 Å². The molecule has 1 amide bonds. The lowest BCUT2D eigenvalue weighted by Gasteiger charge is -2.09. The van der Waals surface area contributed by atoms with Crippen molar-refractivity contribution < 1.29 is 9.53 Å². The summed E-state index contributed by atoms with van der Waals surface area (Å²) in [6, 6.07) is 11.5. The Kier molecular flexibility index (Phi) is 6.48. The summed E-state index contributed by atoms with van der Waals surface area (Å²) in [6.45, 7) is 2.42. The quantitative estimate of drug-likeness (QED) is 0.547. The first-order valence-electron chi connectivity index (χ1n) is 7.85. The highest BCUT2D eigenvalue weighted by atomic mass is 32.2. The van der Waals surface area contributed by atoms with Crippen LogP contribution in [0.15, 0.2) is 46.1 Å². The molecule has 3 aromatic rings. The van der Waals surface area contributed by atoms with Crippen molar-refractivity contribution in [2.24, 2.45) is 0 Å². The summed E-state index contributed by atoms with van der Waals surface area (Å²) >= 11 is 4.45. The molecule has 136 valence electrons. The Morgan fingerprint density at radius 2 is 2.08 bits per heavy atom. The van der Waals surface area contributed by atoms with Crippen molar-refractivity contribution in [3.63, 3.8) is 0 Å². The van der Waals surface area contributed by atoms with E-state index in [2.05, 4.69) is 20.8 Å². The van der Waals surface area contributed by atoms with Gasteiger partial charge in [0, 0.05) is 10.6 Å². The number of aromatic nitrogens is 2. The Hall–Kier alpha value is -2.10. The fourth-order valence-electron chi connectivity index (χ4n) is 2.04. The zero-order valence-corrected chi connectivity index (χ0v) is 16.7. The first-order valence-corrected chi connectivity index (χ1v) is 10.4. The standard InChI is InChI=1S/C17H18N4O2S3/c1-11(15(22)18-10-14-4-3-9-24-14)25-17-21-20-16(26-17)19-12-5-7-13(23-2)8-6-12/h3-9,11H,10H2,1-2H3,(H,18,22)(H,19,20). The number of thiophene rings is 1. The van der Waals surface area contributed by atoms with Gasteiger partial charge in [0.25, 0.3) is 0 Å². The van der Waals surface area contributed by atoms with Crippen LogP contribution in [-0.2, 0) is 11.3 Å². The number of carbonyl (C=O) groups excluding carboxylic acids is 1. The Balaban J connectivity index is 1.51. The van der Waals surface area contributed by atoms with Gasteiger partial charge < -0.3 is 15.4 Å². The Morgan fingerprint density at radius 1 is 1.27 bits per heavy atom.